The van der Waals surface area contributed by atoms with Gasteiger partial charge in [0.15, 0.2) is 0 Å². The maximum atomic E-state index is 12.9. The lowest BCUT2D eigenvalue weighted by molar-refractivity contribution is -0.114. The van der Waals surface area contributed by atoms with Gasteiger partial charge in [0.1, 0.15) is 0 Å². The van der Waals surface area contributed by atoms with Crippen molar-refractivity contribution in [2.45, 2.75) is 38.0 Å². The summed E-state index contributed by atoms with van der Waals surface area (Å²) in [6, 6.07) is 10.7. The predicted octanol–water partition coefficient (Wildman–Crippen LogP) is 4.29. The summed E-state index contributed by atoms with van der Waals surface area (Å²) in [6.07, 6.45) is 2.83. The van der Waals surface area contributed by atoms with Crippen molar-refractivity contribution in [2.24, 2.45) is 0 Å². The van der Waals surface area contributed by atoms with Crippen LogP contribution in [0.25, 0.3) is 0 Å². The van der Waals surface area contributed by atoms with E-state index >= 15 is 0 Å². The van der Waals surface area contributed by atoms with Gasteiger partial charge in [-0.25, -0.2) is 8.42 Å². The number of nitrogens with zero attached hydrogens (tertiary/aromatic N) is 1. The van der Waals surface area contributed by atoms with Crippen molar-refractivity contribution < 1.29 is 13.2 Å². The molecule has 156 valence electrons. The Hall–Kier alpha value is -1.90. The van der Waals surface area contributed by atoms with E-state index in [2.05, 4.69) is 26.6 Å². The van der Waals surface area contributed by atoms with Crippen molar-refractivity contribution >= 4 is 43.2 Å². The molecule has 3 rings (SSSR count). The van der Waals surface area contributed by atoms with E-state index in [0.29, 0.717) is 18.8 Å². The Morgan fingerprint density at radius 3 is 2.45 bits per heavy atom. The topological polar surface area (TPSA) is 78.5 Å². The minimum Gasteiger partial charge on any atom is -0.375 e. The van der Waals surface area contributed by atoms with Crippen LogP contribution in [0.3, 0.4) is 0 Å². The average Bonchev–Trinajstić information content (AvgIpc) is 2.69. The third kappa shape index (κ3) is 5.38. The number of piperidine rings is 1. The highest BCUT2D eigenvalue weighted by Crippen LogP contribution is 2.26. The fourth-order valence-corrected chi connectivity index (χ4v) is 5.46. The molecule has 0 aliphatic carbocycles. The van der Waals surface area contributed by atoms with Gasteiger partial charge in [0, 0.05) is 28.9 Å². The van der Waals surface area contributed by atoms with Gasteiger partial charge in [-0.15, -0.1) is 0 Å². The van der Waals surface area contributed by atoms with E-state index in [1.807, 2.05) is 32.0 Å². The van der Waals surface area contributed by atoms with E-state index < -0.39 is 10.0 Å². The molecule has 2 aromatic rings. The Kier molecular flexibility index (Phi) is 6.97. The van der Waals surface area contributed by atoms with Gasteiger partial charge in [-0.3, -0.25) is 4.79 Å². The Morgan fingerprint density at radius 2 is 1.76 bits per heavy atom. The molecular weight excluding hydrogens is 454 g/mol. The maximum Gasteiger partial charge on any atom is 0.243 e. The van der Waals surface area contributed by atoms with E-state index in [9.17, 15) is 13.2 Å². The van der Waals surface area contributed by atoms with Gasteiger partial charge in [-0.1, -0.05) is 18.6 Å². The Morgan fingerprint density at radius 1 is 1.03 bits per heavy atom. The monoisotopic (exact) mass is 479 g/mol. The number of sulfonamides is 1. The number of carbonyl (C=O) groups is 1. The van der Waals surface area contributed by atoms with E-state index in [0.717, 1.165) is 40.5 Å². The number of hydrogen-bond acceptors (Lipinski definition) is 4. The molecule has 2 aromatic carbocycles. The first-order chi connectivity index (χ1) is 13.8. The molecule has 1 saturated heterocycles. The Bertz CT molecular complexity index is 1000. The van der Waals surface area contributed by atoms with Gasteiger partial charge in [0.25, 0.3) is 0 Å². The first-order valence-corrected chi connectivity index (χ1v) is 11.9. The number of halogens is 1. The van der Waals surface area contributed by atoms with E-state index in [4.69, 9.17) is 0 Å². The number of nitrogens with one attached hydrogen (secondary N) is 2. The van der Waals surface area contributed by atoms with Crippen LogP contribution in [0.1, 0.15) is 30.4 Å². The minimum atomic E-state index is -3.54. The molecule has 0 radical (unpaired) electrons. The van der Waals surface area contributed by atoms with Crippen LogP contribution in [0.5, 0.6) is 0 Å². The second-order valence-electron chi connectivity index (χ2n) is 7.33. The quantitative estimate of drug-likeness (QED) is 0.647. The normalized spacial score (nSPS) is 15.1. The molecule has 2 N–H and O–H groups in total. The number of amides is 1. The molecule has 0 saturated carbocycles. The first kappa shape index (κ1) is 21.8. The second-order valence-corrected chi connectivity index (χ2v) is 10.1. The predicted molar refractivity (Wildman–Crippen MR) is 120 cm³/mol. The van der Waals surface area contributed by atoms with Crippen molar-refractivity contribution in [3.63, 3.8) is 0 Å². The highest BCUT2D eigenvalue weighted by atomic mass is 79.9. The molecule has 0 aromatic heterocycles. The molecule has 0 atom stereocenters. The van der Waals surface area contributed by atoms with Crippen molar-refractivity contribution in [3.05, 3.63) is 52.0 Å². The van der Waals surface area contributed by atoms with Crippen molar-refractivity contribution in [1.29, 1.82) is 0 Å². The van der Waals surface area contributed by atoms with Crippen LogP contribution in [0, 0.1) is 13.8 Å². The molecule has 29 heavy (non-hydrogen) atoms. The minimum absolute atomic E-state index is 0.0736. The molecule has 1 fully saturated rings. The van der Waals surface area contributed by atoms with E-state index in [-0.39, 0.29) is 17.3 Å². The zero-order chi connectivity index (χ0) is 21.0. The lowest BCUT2D eigenvalue weighted by atomic mass is 10.2. The van der Waals surface area contributed by atoms with Crippen LogP contribution in [0.2, 0.25) is 0 Å². The van der Waals surface area contributed by atoms with Gasteiger partial charge >= 0.3 is 0 Å². The highest BCUT2D eigenvalue weighted by Gasteiger charge is 2.26. The summed E-state index contributed by atoms with van der Waals surface area (Å²) in [5.41, 5.74) is 3.27. The lowest BCUT2D eigenvalue weighted by Gasteiger charge is -2.26. The summed E-state index contributed by atoms with van der Waals surface area (Å²) in [5.74, 6) is -0.243. The number of benzene rings is 2. The van der Waals surface area contributed by atoms with E-state index in [1.54, 1.807) is 18.2 Å². The van der Waals surface area contributed by atoms with Gasteiger partial charge in [0.05, 0.1) is 11.4 Å². The zero-order valence-electron chi connectivity index (χ0n) is 16.7. The van der Waals surface area contributed by atoms with Gasteiger partial charge < -0.3 is 10.6 Å². The number of anilines is 2. The SMILES string of the molecule is Cc1ccc(NCC(=O)Nc2cc(S(=O)(=O)N3CCCCC3)ccc2C)c(Br)c1. The third-order valence-electron chi connectivity index (χ3n) is 5.00. The van der Waals surface area contributed by atoms with Crippen LogP contribution in [-0.2, 0) is 14.8 Å². The Balaban J connectivity index is 1.70. The molecule has 6 nitrogen and oxygen atoms in total. The summed E-state index contributed by atoms with van der Waals surface area (Å²) < 4.78 is 28.2. The fraction of sp³-hybridized carbons (Fsp3) is 0.381. The van der Waals surface area contributed by atoms with Gasteiger partial charge in [-0.05, 0) is 78.0 Å². The number of rotatable bonds is 6. The number of hydrogen-bond donors (Lipinski definition) is 2. The summed E-state index contributed by atoms with van der Waals surface area (Å²) in [7, 11) is -3.54. The molecule has 1 heterocycles. The smallest absolute Gasteiger partial charge is 0.243 e. The third-order valence-corrected chi connectivity index (χ3v) is 7.55. The van der Waals surface area contributed by atoms with Crippen LogP contribution in [0.4, 0.5) is 11.4 Å². The zero-order valence-corrected chi connectivity index (χ0v) is 19.1. The molecular formula is C21H26BrN3O3S. The molecule has 1 aliphatic heterocycles. The average molecular weight is 480 g/mol. The molecule has 0 unspecified atom stereocenters. The van der Waals surface area contributed by atoms with Gasteiger partial charge in [0.2, 0.25) is 15.9 Å². The molecule has 0 bridgehead atoms. The fourth-order valence-electron chi connectivity index (χ4n) is 3.28. The number of aryl methyl sites for hydroxylation is 2. The molecule has 1 amide bonds. The van der Waals surface area contributed by atoms with Crippen molar-refractivity contribution in [2.75, 3.05) is 30.3 Å². The summed E-state index contributed by atoms with van der Waals surface area (Å²) in [6.45, 7) is 5.01. The van der Waals surface area contributed by atoms with E-state index in [1.165, 1.54) is 4.31 Å². The molecule has 8 heteroatoms. The standard InChI is InChI=1S/C21H26BrN3O3S/c1-15-6-9-19(18(22)12-15)23-14-21(26)24-20-13-17(8-7-16(20)2)29(27,28)25-10-4-3-5-11-25/h6-9,12-13,23H,3-5,10-11,14H2,1-2H3,(H,24,26). The van der Waals surface area contributed by atoms with Crippen LogP contribution >= 0.6 is 15.9 Å². The lowest BCUT2D eigenvalue weighted by Crippen LogP contribution is -2.35. The first-order valence-electron chi connectivity index (χ1n) is 9.68. The summed E-state index contributed by atoms with van der Waals surface area (Å²) in [5, 5.41) is 5.92. The van der Waals surface area contributed by atoms with Crippen LogP contribution in [-0.4, -0.2) is 38.3 Å². The van der Waals surface area contributed by atoms with Crippen LogP contribution in [0.15, 0.2) is 45.8 Å². The maximum absolute atomic E-state index is 12.9. The van der Waals surface area contributed by atoms with Crippen LogP contribution < -0.4 is 10.6 Å². The largest absolute Gasteiger partial charge is 0.375 e. The summed E-state index contributed by atoms with van der Waals surface area (Å²) in [4.78, 5) is 12.6. The van der Waals surface area contributed by atoms with Gasteiger partial charge in [-0.2, -0.15) is 4.31 Å². The molecule has 0 spiro atoms. The second kappa shape index (κ2) is 9.28. The molecule has 1 aliphatic rings. The number of carbonyl (C=O) groups excluding carboxylic acids is 1. The van der Waals surface area contributed by atoms with Crippen molar-refractivity contribution in [3.8, 4) is 0 Å². The Labute approximate surface area is 180 Å². The van der Waals surface area contributed by atoms with Crippen molar-refractivity contribution in [1.82, 2.24) is 4.31 Å². The highest BCUT2D eigenvalue weighted by molar-refractivity contribution is 9.10. The summed E-state index contributed by atoms with van der Waals surface area (Å²) >= 11 is 3.48.